The van der Waals surface area contributed by atoms with E-state index in [1.54, 1.807) is 48.5 Å². The zero-order valence-electron chi connectivity index (χ0n) is 15.2. The summed E-state index contributed by atoms with van der Waals surface area (Å²) in [5.74, 6) is -0.331. The number of primary amides is 1. The summed E-state index contributed by atoms with van der Waals surface area (Å²) in [5.41, 5.74) is 7.88. The van der Waals surface area contributed by atoms with Gasteiger partial charge >= 0.3 is 6.03 Å². The van der Waals surface area contributed by atoms with Crippen LogP contribution in [0.25, 0.3) is 0 Å². The van der Waals surface area contributed by atoms with E-state index in [0.29, 0.717) is 33.9 Å². The van der Waals surface area contributed by atoms with Crippen LogP contribution in [0.15, 0.2) is 59.9 Å². The summed E-state index contributed by atoms with van der Waals surface area (Å²) in [6.45, 7) is 1.51. The van der Waals surface area contributed by atoms with Crippen molar-refractivity contribution in [3.05, 3.63) is 71.1 Å². The zero-order chi connectivity index (χ0) is 19.7. The number of hydrogen-bond acceptors (Lipinski definition) is 5. The number of allylic oxidation sites excluding steroid dienone is 2. The van der Waals surface area contributed by atoms with Crippen LogP contribution in [0.5, 0.6) is 0 Å². The summed E-state index contributed by atoms with van der Waals surface area (Å²) in [6.07, 6.45) is 1.99. The van der Waals surface area contributed by atoms with Gasteiger partial charge in [0.25, 0.3) is 0 Å². The van der Waals surface area contributed by atoms with E-state index in [9.17, 15) is 14.4 Å². The van der Waals surface area contributed by atoms with Gasteiger partial charge in [-0.1, -0.05) is 24.3 Å². The number of hydrogen-bond donors (Lipinski definition) is 3. The fourth-order valence-corrected chi connectivity index (χ4v) is 3.64. The van der Waals surface area contributed by atoms with Crippen LogP contribution < -0.4 is 16.4 Å². The topological polar surface area (TPSA) is 105 Å². The lowest BCUT2D eigenvalue weighted by Gasteiger charge is -2.28. The predicted molar refractivity (Wildman–Crippen MR) is 106 cm³/mol. The smallest absolute Gasteiger partial charge is 0.316 e. The maximum absolute atomic E-state index is 13.2. The van der Waals surface area contributed by atoms with Gasteiger partial charge in [-0.25, -0.2) is 4.79 Å². The Kier molecular flexibility index (Phi) is 4.57. The van der Waals surface area contributed by atoms with Crippen molar-refractivity contribution in [2.75, 3.05) is 23.7 Å². The Bertz CT molecular complexity index is 989. The summed E-state index contributed by atoms with van der Waals surface area (Å²) in [7, 11) is 0. The molecule has 2 aliphatic rings. The molecule has 2 amide bonds. The summed E-state index contributed by atoms with van der Waals surface area (Å²) in [4.78, 5) is 39.3. The Hall–Kier alpha value is -3.61. The van der Waals surface area contributed by atoms with Crippen molar-refractivity contribution in [3.63, 3.8) is 0 Å². The van der Waals surface area contributed by atoms with Gasteiger partial charge in [-0.3, -0.25) is 9.59 Å². The number of fused-ring (bicyclic) bond motifs is 1. The van der Waals surface area contributed by atoms with Crippen LogP contribution in [0, 0.1) is 0 Å². The number of anilines is 2. The number of nitrogens with one attached hydrogen (secondary N) is 2. The summed E-state index contributed by atoms with van der Waals surface area (Å²) >= 11 is 0. The van der Waals surface area contributed by atoms with Crippen molar-refractivity contribution in [2.45, 2.75) is 12.8 Å². The van der Waals surface area contributed by atoms with Crippen molar-refractivity contribution in [1.29, 1.82) is 0 Å². The van der Waals surface area contributed by atoms with Crippen molar-refractivity contribution in [3.8, 4) is 0 Å². The molecule has 1 saturated heterocycles. The van der Waals surface area contributed by atoms with Crippen molar-refractivity contribution < 1.29 is 14.4 Å². The molecule has 4 rings (SSSR count). The Morgan fingerprint density at radius 2 is 1.43 bits per heavy atom. The van der Waals surface area contributed by atoms with Crippen LogP contribution in [-0.2, 0) is 0 Å². The quantitative estimate of drug-likeness (QED) is 0.761. The Morgan fingerprint density at radius 3 is 2.04 bits per heavy atom. The van der Waals surface area contributed by atoms with E-state index in [4.69, 9.17) is 5.73 Å². The number of nitrogens with two attached hydrogens (primary N) is 1. The van der Waals surface area contributed by atoms with E-state index < -0.39 is 6.03 Å². The number of nitrogens with zero attached hydrogens (tertiary/aromatic N) is 1. The number of ketones is 2. The number of rotatable bonds is 4. The monoisotopic (exact) mass is 376 g/mol. The number of carbonyl (C=O) groups excluding carboxylic acids is 3. The molecular formula is C21H20N4O3. The lowest BCUT2D eigenvalue weighted by molar-refractivity contribution is 0.0948. The predicted octanol–water partition coefficient (Wildman–Crippen LogP) is 2.98. The van der Waals surface area contributed by atoms with Crippen LogP contribution in [0.2, 0.25) is 0 Å². The molecule has 1 aliphatic carbocycles. The first-order chi connectivity index (χ1) is 13.5. The molecule has 2 aromatic rings. The molecule has 1 aliphatic heterocycles. The molecule has 7 heteroatoms. The third-order valence-electron chi connectivity index (χ3n) is 4.94. The number of urea groups is 1. The van der Waals surface area contributed by atoms with Crippen LogP contribution in [0.3, 0.4) is 0 Å². The highest BCUT2D eigenvalue weighted by Gasteiger charge is 2.36. The van der Waals surface area contributed by atoms with E-state index in [0.717, 1.165) is 25.9 Å². The molecular weight excluding hydrogens is 356 g/mol. The molecule has 0 bridgehead atoms. The second-order valence-electron chi connectivity index (χ2n) is 6.81. The second-order valence-corrected chi connectivity index (χ2v) is 6.81. The van der Waals surface area contributed by atoms with Gasteiger partial charge in [-0.15, -0.1) is 0 Å². The molecule has 2 aromatic carbocycles. The SMILES string of the molecule is NC(=O)Nc1ccc(NC2=C(N3CCCC3)C(=O)c3ccccc3C2=O)cc1. The molecule has 142 valence electrons. The van der Waals surface area contributed by atoms with Gasteiger partial charge < -0.3 is 21.3 Å². The average molecular weight is 376 g/mol. The zero-order valence-corrected chi connectivity index (χ0v) is 15.2. The standard InChI is InChI=1S/C21H20N4O3/c22-21(28)24-14-9-7-13(8-10-14)23-17-18(25-11-3-4-12-25)20(27)16-6-2-1-5-15(16)19(17)26/h1-2,5-10,23H,3-4,11-12H2,(H3,22,24,28). The minimum atomic E-state index is -0.649. The van der Waals surface area contributed by atoms with Gasteiger partial charge in [0.15, 0.2) is 0 Å². The van der Waals surface area contributed by atoms with Gasteiger partial charge in [0, 0.05) is 35.6 Å². The summed E-state index contributed by atoms with van der Waals surface area (Å²) in [6, 6.07) is 13.0. The molecule has 28 heavy (non-hydrogen) atoms. The average Bonchev–Trinajstić information content (AvgIpc) is 3.21. The molecule has 0 aromatic heterocycles. The number of carbonyl (C=O) groups is 3. The number of Topliss-reactive ketones (excluding diaryl/α,β-unsaturated/α-hetero) is 2. The van der Waals surface area contributed by atoms with Gasteiger partial charge in [-0.2, -0.15) is 0 Å². The first-order valence-electron chi connectivity index (χ1n) is 9.16. The third kappa shape index (κ3) is 3.22. The van der Waals surface area contributed by atoms with Gasteiger partial charge in [0.1, 0.15) is 11.4 Å². The van der Waals surface area contributed by atoms with Crippen molar-refractivity contribution in [1.82, 2.24) is 4.90 Å². The molecule has 7 nitrogen and oxygen atoms in total. The Balaban J connectivity index is 1.72. The van der Waals surface area contributed by atoms with E-state index in [1.807, 2.05) is 4.90 Å². The van der Waals surface area contributed by atoms with Crippen molar-refractivity contribution >= 4 is 29.0 Å². The highest BCUT2D eigenvalue weighted by atomic mass is 16.2. The highest BCUT2D eigenvalue weighted by Crippen LogP contribution is 2.31. The van der Waals surface area contributed by atoms with Crippen LogP contribution >= 0.6 is 0 Å². The van der Waals surface area contributed by atoms with Gasteiger partial charge in [0.05, 0.1) is 0 Å². The van der Waals surface area contributed by atoms with E-state index in [1.165, 1.54) is 0 Å². The number of likely N-dealkylation sites (tertiary alicyclic amines) is 1. The lowest BCUT2D eigenvalue weighted by atomic mass is 9.89. The molecule has 0 spiro atoms. The number of benzene rings is 2. The summed E-state index contributed by atoms with van der Waals surface area (Å²) in [5, 5.41) is 5.62. The fraction of sp³-hybridized carbons (Fsp3) is 0.190. The van der Waals surface area contributed by atoms with Gasteiger partial charge in [0.2, 0.25) is 11.6 Å². The van der Waals surface area contributed by atoms with Crippen LogP contribution in [0.4, 0.5) is 16.2 Å². The largest absolute Gasteiger partial charge is 0.367 e. The lowest BCUT2D eigenvalue weighted by Crippen LogP contribution is -2.35. The van der Waals surface area contributed by atoms with E-state index >= 15 is 0 Å². The molecule has 1 fully saturated rings. The third-order valence-corrected chi connectivity index (χ3v) is 4.94. The molecule has 0 radical (unpaired) electrons. The van der Waals surface area contributed by atoms with Crippen LogP contribution in [-0.4, -0.2) is 35.6 Å². The van der Waals surface area contributed by atoms with Crippen LogP contribution in [0.1, 0.15) is 33.6 Å². The maximum atomic E-state index is 13.2. The first kappa shape index (κ1) is 17.8. The van der Waals surface area contributed by atoms with E-state index in [-0.39, 0.29) is 11.6 Å². The Labute approximate surface area is 162 Å². The number of amides is 2. The van der Waals surface area contributed by atoms with Crippen molar-refractivity contribution in [2.24, 2.45) is 5.73 Å². The van der Waals surface area contributed by atoms with E-state index in [2.05, 4.69) is 10.6 Å². The minimum absolute atomic E-state index is 0.133. The Morgan fingerprint density at radius 1 is 0.857 bits per heavy atom. The molecule has 1 heterocycles. The first-order valence-corrected chi connectivity index (χ1v) is 9.16. The highest BCUT2D eigenvalue weighted by molar-refractivity contribution is 6.27. The molecule has 0 unspecified atom stereocenters. The fourth-order valence-electron chi connectivity index (χ4n) is 3.64. The summed E-state index contributed by atoms with van der Waals surface area (Å²) < 4.78 is 0. The minimum Gasteiger partial charge on any atom is -0.367 e. The molecule has 0 atom stereocenters. The maximum Gasteiger partial charge on any atom is 0.316 e. The second kappa shape index (κ2) is 7.19. The normalized spacial score (nSPS) is 16.2. The molecule has 4 N–H and O–H groups in total. The molecule has 0 saturated carbocycles. The van der Waals surface area contributed by atoms with Gasteiger partial charge in [-0.05, 0) is 37.1 Å².